The van der Waals surface area contributed by atoms with Crippen molar-refractivity contribution in [2.45, 2.75) is 6.04 Å². The molecule has 0 spiro atoms. The molecule has 1 atom stereocenters. The Balaban J connectivity index is 1.93. The smallest absolute Gasteiger partial charge is 0.127 e. The van der Waals surface area contributed by atoms with E-state index in [0.29, 0.717) is 10.9 Å². The number of benzene rings is 2. The molecular weight excluding hydrogens is 386 g/mol. The highest BCUT2D eigenvalue weighted by molar-refractivity contribution is 9.10. The van der Waals surface area contributed by atoms with Gasteiger partial charge in [-0.3, -0.25) is 9.98 Å². The van der Waals surface area contributed by atoms with Gasteiger partial charge in [0.1, 0.15) is 11.9 Å². The van der Waals surface area contributed by atoms with Crippen LogP contribution in [0.25, 0.3) is 11.1 Å². The van der Waals surface area contributed by atoms with E-state index >= 15 is 0 Å². The molecule has 0 aliphatic carbocycles. The number of aliphatic imine (C=N–C) groups is 1. The molecule has 1 aliphatic heterocycles. The molecule has 2 heterocycles. The molecule has 5 heteroatoms. The fourth-order valence-electron chi connectivity index (χ4n) is 3.09. The predicted molar refractivity (Wildman–Crippen MR) is 101 cm³/mol. The maximum absolute atomic E-state index is 6.39. The van der Waals surface area contributed by atoms with E-state index < -0.39 is 0 Å². The summed E-state index contributed by atoms with van der Waals surface area (Å²) >= 11 is 9.91. The van der Waals surface area contributed by atoms with Gasteiger partial charge in [0.15, 0.2) is 0 Å². The molecular formula is C19H13BrClN3. The molecule has 118 valence electrons. The Morgan fingerprint density at radius 1 is 1.04 bits per heavy atom. The van der Waals surface area contributed by atoms with Crippen LogP contribution in [-0.4, -0.2) is 10.8 Å². The Bertz CT molecular complexity index is 954. The first-order chi connectivity index (χ1) is 11.6. The third-order valence-corrected chi connectivity index (χ3v) is 4.82. The summed E-state index contributed by atoms with van der Waals surface area (Å²) in [6.07, 6.45) is 3.52. The number of nitrogens with two attached hydrogens (primary N) is 1. The van der Waals surface area contributed by atoms with Crippen LogP contribution in [-0.2, 0) is 0 Å². The van der Waals surface area contributed by atoms with E-state index in [0.717, 1.165) is 32.3 Å². The van der Waals surface area contributed by atoms with Crippen molar-refractivity contribution in [3.63, 3.8) is 0 Å². The minimum atomic E-state index is -0.142. The molecule has 0 bridgehead atoms. The van der Waals surface area contributed by atoms with Gasteiger partial charge < -0.3 is 5.73 Å². The summed E-state index contributed by atoms with van der Waals surface area (Å²) in [6, 6.07) is 15.7. The lowest BCUT2D eigenvalue weighted by Gasteiger charge is -2.14. The zero-order valence-corrected chi connectivity index (χ0v) is 14.9. The Labute approximate surface area is 153 Å². The van der Waals surface area contributed by atoms with Crippen LogP contribution in [0, 0.1) is 0 Å². The Hall–Kier alpha value is -2.17. The lowest BCUT2D eigenvalue weighted by atomic mass is 9.92. The normalized spacial score (nSPS) is 15.9. The second-order valence-corrected chi connectivity index (χ2v) is 6.98. The van der Waals surface area contributed by atoms with E-state index in [1.807, 2.05) is 42.5 Å². The average Bonchev–Trinajstić information content (AvgIpc) is 2.92. The highest BCUT2D eigenvalue weighted by Gasteiger charge is 2.28. The van der Waals surface area contributed by atoms with Crippen molar-refractivity contribution in [2.24, 2.45) is 10.7 Å². The highest BCUT2D eigenvalue weighted by Crippen LogP contribution is 2.41. The minimum Gasteiger partial charge on any atom is -0.383 e. The first-order valence-electron chi connectivity index (χ1n) is 7.46. The first-order valence-corrected chi connectivity index (χ1v) is 8.63. The SMILES string of the molecule is NC1=NC(c2cccc(Br)c2)c2cc(Cl)cc(-c3ccncc3)c21. The summed E-state index contributed by atoms with van der Waals surface area (Å²) < 4.78 is 1.01. The fraction of sp³-hybridized carbons (Fsp3) is 0.0526. The molecule has 2 aromatic carbocycles. The van der Waals surface area contributed by atoms with Crippen molar-refractivity contribution in [1.29, 1.82) is 0 Å². The van der Waals surface area contributed by atoms with Crippen molar-refractivity contribution in [1.82, 2.24) is 4.98 Å². The van der Waals surface area contributed by atoms with Gasteiger partial charge in [0.25, 0.3) is 0 Å². The van der Waals surface area contributed by atoms with Crippen LogP contribution < -0.4 is 5.73 Å². The van der Waals surface area contributed by atoms with E-state index in [9.17, 15) is 0 Å². The number of fused-ring (bicyclic) bond motifs is 1. The molecule has 0 radical (unpaired) electrons. The average molecular weight is 399 g/mol. The quantitative estimate of drug-likeness (QED) is 0.662. The molecule has 0 amide bonds. The van der Waals surface area contributed by atoms with E-state index in [4.69, 9.17) is 22.3 Å². The summed E-state index contributed by atoms with van der Waals surface area (Å²) in [5, 5.41) is 0.672. The van der Waals surface area contributed by atoms with E-state index in [2.05, 4.69) is 27.0 Å². The molecule has 1 unspecified atom stereocenters. The number of halogens is 2. The number of nitrogens with zero attached hydrogens (tertiary/aromatic N) is 2. The zero-order chi connectivity index (χ0) is 16.7. The minimum absolute atomic E-state index is 0.142. The number of hydrogen-bond donors (Lipinski definition) is 1. The first kappa shape index (κ1) is 15.4. The van der Waals surface area contributed by atoms with Gasteiger partial charge in [-0.05, 0) is 58.7 Å². The van der Waals surface area contributed by atoms with Crippen molar-refractivity contribution >= 4 is 33.4 Å². The van der Waals surface area contributed by atoms with E-state index in [1.165, 1.54) is 0 Å². The second kappa shape index (κ2) is 6.04. The number of pyridine rings is 1. The standard InChI is InChI=1S/C19H13BrClN3/c20-13-3-1-2-12(8-13)18-16-10-14(21)9-15(17(16)19(22)24-18)11-4-6-23-7-5-11/h1-10,18H,(H2,22,24). The molecule has 0 saturated heterocycles. The fourth-order valence-corrected chi connectivity index (χ4v) is 3.74. The Kier molecular flexibility index (Phi) is 3.87. The lowest BCUT2D eigenvalue weighted by Crippen LogP contribution is -2.12. The molecule has 0 saturated carbocycles. The second-order valence-electron chi connectivity index (χ2n) is 5.63. The molecule has 0 fully saturated rings. The number of amidine groups is 1. The molecule has 2 N–H and O–H groups in total. The van der Waals surface area contributed by atoms with Gasteiger partial charge >= 0.3 is 0 Å². The van der Waals surface area contributed by atoms with Crippen molar-refractivity contribution in [3.8, 4) is 11.1 Å². The Morgan fingerprint density at radius 3 is 2.58 bits per heavy atom. The van der Waals surface area contributed by atoms with Crippen molar-refractivity contribution < 1.29 is 0 Å². The maximum Gasteiger partial charge on any atom is 0.127 e. The van der Waals surface area contributed by atoms with Gasteiger partial charge in [-0.15, -0.1) is 0 Å². The summed E-state index contributed by atoms with van der Waals surface area (Å²) in [4.78, 5) is 8.77. The van der Waals surface area contributed by atoms with Crippen LogP contribution >= 0.6 is 27.5 Å². The van der Waals surface area contributed by atoms with Crippen LogP contribution in [0.1, 0.15) is 22.7 Å². The molecule has 3 nitrogen and oxygen atoms in total. The number of rotatable bonds is 2. The van der Waals surface area contributed by atoms with Gasteiger partial charge in [-0.1, -0.05) is 39.7 Å². The van der Waals surface area contributed by atoms with Crippen LogP contribution in [0.2, 0.25) is 5.02 Å². The van der Waals surface area contributed by atoms with Gasteiger partial charge in [-0.2, -0.15) is 0 Å². The van der Waals surface area contributed by atoms with E-state index in [-0.39, 0.29) is 6.04 Å². The number of hydrogen-bond acceptors (Lipinski definition) is 3. The lowest BCUT2D eigenvalue weighted by molar-refractivity contribution is 0.895. The zero-order valence-electron chi connectivity index (χ0n) is 12.6. The van der Waals surface area contributed by atoms with E-state index in [1.54, 1.807) is 12.4 Å². The largest absolute Gasteiger partial charge is 0.383 e. The highest BCUT2D eigenvalue weighted by atomic mass is 79.9. The summed E-state index contributed by atoms with van der Waals surface area (Å²) in [5.41, 5.74) is 11.4. The van der Waals surface area contributed by atoms with Crippen molar-refractivity contribution in [3.05, 3.63) is 87.1 Å². The molecule has 24 heavy (non-hydrogen) atoms. The number of aromatic nitrogens is 1. The van der Waals surface area contributed by atoms with Crippen LogP contribution in [0.3, 0.4) is 0 Å². The molecule has 4 rings (SSSR count). The predicted octanol–water partition coefficient (Wildman–Crippen LogP) is 4.97. The van der Waals surface area contributed by atoms with Crippen LogP contribution in [0.4, 0.5) is 0 Å². The maximum atomic E-state index is 6.39. The summed E-state index contributed by atoms with van der Waals surface area (Å²) in [6.45, 7) is 0. The van der Waals surface area contributed by atoms with Crippen molar-refractivity contribution in [2.75, 3.05) is 0 Å². The molecule has 1 aromatic heterocycles. The summed E-state index contributed by atoms with van der Waals surface area (Å²) in [5.74, 6) is 0.540. The molecule has 1 aliphatic rings. The van der Waals surface area contributed by atoms with Gasteiger partial charge in [-0.25, -0.2) is 0 Å². The molecule has 3 aromatic rings. The Morgan fingerprint density at radius 2 is 1.83 bits per heavy atom. The monoisotopic (exact) mass is 397 g/mol. The summed E-state index contributed by atoms with van der Waals surface area (Å²) in [7, 11) is 0. The van der Waals surface area contributed by atoms with Gasteiger partial charge in [0.2, 0.25) is 0 Å². The third kappa shape index (κ3) is 2.62. The van der Waals surface area contributed by atoms with Gasteiger partial charge in [0, 0.05) is 27.5 Å². The van der Waals surface area contributed by atoms with Gasteiger partial charge in [0.05, 0.1) is 0 Å². The van der Waals surface area contributed by atoms with Crippen LogP contribution in [0.5, 0.6) is 0 Å². The topological polar surface area (TPSA) is 51.3 Å². The van der Waals surface area contributed by atoms with Crippen LogP contribution in [0.15, 0.2) is 70.4 Å². The third-order valence-electron chi connectivity index (χ3n) is 4.11.